The first kappa shape index (κ1) is 26.2. The number of benzene rings is 3. The van der Waals surface area contributed by atoms with Gasteiger partial charge in [0.25, 0.3) is 0 Å². The SMILES string of the molecule is CCOC(Cc1ccc(Cc2ccccc2)c(OCCc2ccc(OS(C)(=O)=O)cc2)c1)C(=O)O. The van der Waals surface area contributed by atoms with Gasteiger partial charge in [0.05, 0.1) is 12.9 Å². The van der Waals surface area contributed by atoms with Crippen molar-refractivity contribution >= 4 is 16.1 Å². The summed E-state index contributed by atoms with van der Waals surface area (Å²) in [5.74, 6) is -0.0349. The molecule has 3 aromatic carbocycles. The molecule has 0 heterocycles. The van der Waals surface area contributed by atoms with Crippen LogP contribution in [0.2, 0.25) is 0 Å². The molecule has 0 radical (unpaired) electrons. The molecule has 8 heteroatoms. The molecule has 0 amide bonds. The Labute approximate surface area is 206 Å². The van der Waals surface area contributed by atoms with Gasteiger partial charge in [0.15, 0.2) is 6.10 Å². The quantitative estimate of drug-likeness (QED) is 0.351. The minimum Gasteiger partial charge on any atom is -0.493 e. The summed E-state index contributed by atoms with van der Waals surface area (Å²) in [4.78, 5) is 11.5. The molecule has 0 aliphatic heterocycles. The van der Waals surface area contributed by atoms with Crippen LogP contribution in [-0.2, 0) is 38.9 Å². The monoisotopic (exact) mass is 498 g/mol. The maximum atomic E-state index is 11.5. The third-order valence-electron chi connectivity index (χ3n) is 5.25. The first-order chi connectivity index (χ1) is 16.7. The number of carboxylic acid groups (broad SMARTS) is 1. The Bertz CT molecular complexity index is 1210. The number of hydrogen-bond acceptors (Lipinski definition) is 6. The van der Waals surface area contributed by atoms with Crippen LogP contribution >= 0.6 is 0 Å². The highest BCUT2D eigenvalue weighted by Gasteiger charge is 2.19. The van der Waals surface area contributed by atoms with Crippen molar-refractivity contribution in [2.75, 3.05) is 19.5 Å². The minimum atomic E-state index is -3.57. The number of carboxylic acids is 1. The Balaban J connectivity index is 1.73. The van der Waals surface area contributed by atoms with Crippen LogP contribution < -0.4 is 8.92 Å². The smallest absolute Gasteiger partial charge is 0.333 e. The standard InChI is InChI=1S/C27H30O7S/c1-3-32-26(27(28)29)19-22-9-12-23(17-21-7-5-4-6-8-21)25(18-22)33-16-15-20-10-13-24(14-11-20)34-35(2,30)31/h4-14,18,26H,3,15-17,19H2,1-2H3,(H,28,29). The van der Waals surface area contributed by atoms with Gasteiger partial charge in [-0.05, 0) is 47.4 Å². The van der Waals surface area contributed by atoms with Crippen molar-refractivity contribution in [3.8, 4) is 11.5 Å². The zero-order chi connectivity index (χ0) is 25.3. The number of aliphatic carboxylic acids is 1. The van der Waals surface area contributed by atoms with Crippen LogP contribution in [0.1, 0.15) is 29.2 Å². The maximum absolute atomic E-state index is 11.5. The lowest BCUT2D eigenvalue weighted by atomic mass is 10.00. The van der Waals surface area contributed by atoms with Gasteiger partial charge in [-0.1, -0.05) is 54.6 Å². The molecule has 186 valence electrons. The molecule has 0 saturated heterocycles. The van der Waals surface area contributed by atoms with Crippen LogP contribution in [-0.4, -0.2) is 45.1 Å². The second kappa shape index (κ2) is 12.4. The van der Waals surface area contributed by atoms with Crippen LogP contribution in [0.15, 0.2) is 72.8 Å². The van der Waals surface area contributed by atoms with E-state index in [4.69, 9.17) is 13.7 Å². The molecule has 0 saturated carbocycles. The first-order valence-corrected chi connectivity index (χ1v) is 13.2. The predicted molar refractivity (Wildman–Crippen MR) is 134 cm³/mol. The second-order valence-electron chi connectivity index (χ2n) is 8.12. The van der Waals surface area contributed by atoms with Gasteiger partial charge in [-0.2, -0.15) is 8.42 Å². The van der Waals surface area contributed by atoms with Gasteiger partial charge in [-0.3, -0.25) is 0 Å². The third kappa shape index (κ3) is 8.73. The van der Waals surface area contributed by atoms with Crippen molar-refractivity contribution in [3.05, 3.63) is 95.1 Å². The summed E-state index contributed by atoms with van der Waals surface area (Å²) in [5, 5.41) is 9.44. The third-order valence-corrected chi connectivity index (χ3v) is 5.75. The molecular weight excluding hydrogens is 468 g/mol. The Hall–Kier alpha value is -3.36. The minimum absolute atomic E-state index is 0.243. The zero-order valence-corrected chi connectivity index (χ0v) is 20.7. The van der Waals surface area contributed by atoms with Crippen molar-refractivity contribution in [2.45, 2.75) is 32.3 Å². The van der Waals surface area contributed by atoms with Gasteiger partial charge >= 0.3 is 16.1 Å². The highest BCUT2D eigenvalue weighted by molar-refractivity contribution is 7.86. The van der Waals surface area contributed by atoms with Crippen molar-refractivity contribution in [1.29, 1.82) is 0 Å². The van der Waals surface area contributed by atoms with Crippen molar-refractivity contribution < 1.29 is 32.0 Å². The summed E-state index contributed by atoms with van der Waals surface area (Å²) < 4.78 is 38.9. The Morgan fingerprint density at radius 3 is 2.26 bits per heavy atom. The number of rotatable bonds is 13. The van der Waals surface area contributed by atoms with E-state index >= 15 is 0 Å². The molecule has 7 nitrogen and oxygen atoms in total. The van der Waals surface area contributed by atoms with Crippen LogP contribution in [0.5, 0.6) is 11.5 Å². The Morgan fingerprint density at radius 2 is 1.63 bits per heavy atom. The van der Waals surface area contributed by atoms with Gasteiger partial charge in [-0.25, -0.2) is 4.79 Å². The predicted octanol–water partition coefficient (Wildman–Crippen LogP) is 4.27. The molecule has 0 spiro atoms. The summed E-state index contributed by atoms with van der Waals surface area (Å²) in [7, 11) is -3.57. The van der Waals surface area contributed by atoms with E-state index in [9.17, 15) is 18.3 Å². The van der Waals surface area contributed by atoms with Gasteiger partial charge in [0.1, 0.15) is 11.5 Å². The fourth-order valence-corrected chi connectivity index (χ4v) is 4.08. The first-order valence-electron chi connectivity index (χ1n) is 11.3. The van der Waals surface area contributed by atoms with Crippen molar-refractivity contribution in [3.63, 3.8) is 0 Å². The molecule has 35 heavy (non-hydrogen) atoms. The summed E-state index contributed by atoms with van der Waals surface area (Å²) in [6.07, 6.45) is 1.61. The largest absolute Gasteiger partial charge is 0.493 e. The molecule has 0 aliphatic carbocycles. The van der Waals surface area contributed by atoms with Crippen molar-refractivity contribution in [1.82, 2.24) is 0 Å². The van der Waals surface area contributed by atoms with Gasteiger partial charge in [-0.15, -0.1) is 0 Å². The fourth-order valence-electron chi connectivity index (χ4n) is 3.62. The van der Waals surface area contributed by atoms with Crippen LogP contribution in [0.25, 0.3) is 0 Å². The fraction of sp³-hybridized carbons (Fsp3) is 0.296. The molecule has 3 aromatic rings. The second-order valence-corrected chi connectivity index (χ2v) is 9.70. The van der Waals surface area contributed by atoms with E-state index in [1.54, 1.807) is 31.2 Å². The van der Waals surface area contributed by atoms with E-state index in [1.165, 1.54) is 0 Å². The molecule has 3 rings (SSSR count). The van der Waals surface area contributed by atoms with E-state index in [0.717, 1.165) is 28.5 Å². The Morgan fingerprint density at radius 1 is 0.943 bits per heavy atom. The van der Waals surface area contributed by atoms with Crippen LogP contribution in [0.4, 0.5) is 0 Å². The van der Waals surface area contributed by atoms with E-state index in [-0.39, 0.29) is 12.2 Å². The Kier molecular flexibility index (Phi) is 9.28. The molecule has 1 atom stereocenters. The van der Waals surface area contributed by atoms with Gasteiger partial charge in [0, 0.05) is 25.9 Å². The summed E-state index contributed by atoms with van der Waals surface area (Å²) >= 11 is 0. The molecule has 1 unspecified atom stereocenters. The highest BCUT2D eigenvalue weighted by atomic mass is 32.2. The number of hydrogen-bond donors (Lipinski definition) is 1. The lowest BCUT2D eigenvalue weighted by Gasteiger charge is -2.16. The molecule has 0 bridgehead atoms. The summed E-state index contributed by atoms with van der Waals surface area (Å²) in [6, 6.07) is 22.6. The van der Waals surface area contributed by atoms with Crippen LogP contribution in [0, 0.1) is 0 Å². The van der Waals surface area contributed by atoms with E-state index in [1.807, 2.05) is 48.5 Å². The van der Waals surface area contributed by atoms with E-state index in [0.29, 0.717) is 31.8 Å². The number of ether oxygens (including phenoxy) is 2. The van der Waals surface area contributed by atoms with Gasteiger partial charge < -0.3 is 18.8 Å². The maximum Gasteiger partial charge on any atom is 0.333 e. The molecule has 0 aromatic heterocycles. The van der Waals surface area contributed by atoms with E-state index < -0.39 is 22.2 Å². The lowest BCUT2D eigenvalue weighted by molar-refractivity contribution is -0.149. The van der Waals surface area contributed by atoms with E-state index in [2.05, 4.69) is 0 Å². The molecule has 0 aliphatic rings. The van der Waals surface area contributed by atoms with Crippen molar-refractivity contribution in [2.24, 2.45) is 0 Å². The average molecular weight is 499 g/mol. The van der Waals surface area contributed by atoms with Gasteiger partial charge in [0.2, 0.25) is 0 Å². The average Bonchev–Trinajstić information content (AvgIpc) is 2.81. The molecular formula is C27H30O7S. The molecule has 0 fully saturated rings. The summed E-state index contributed by atoms with van der Waals surface area (Å²) in [6.45, 7) is 2.49. The highest BCUT2D eigenvalue weighted by Crippen LogP contribution is 2.25. The number of carbonyl (C=O) groups is 1. The molecule has 1 N–H and O–H groups in total. The summed E-state index contributed by atoms with van der Waals surface area (Å²) in [5.41, 5.74) is 3.93. The topological polar surface area (TPSA) is 99.1 Å². The normalized spacial score (nSPS) is 12.2. The van der Waals surface area contributed by atoms with Crippen LogP contribution in [0.3, 0.4) is 0 Å². The zero-order valence-electron chi connectivity index (χ0n) is 19.8. The lowest BCUT2D eigenvalue weighted by Crippen LogP contribution is -2.26.